The largest absolute Gasteiger partial charge is 0.353 e. The standard InChI is InChI=1S/C19H37O3PSSi/c1-9-21-23(20,22-10-2)19(25(6,7)8)16-24-15-14-18(5)13-11-12-17(3)4/h12,14,16H,9-11,13,15H2,1-8H3/b18-14+,19-16-. The summed E-state index contributed by atoms with van der Waals surface area (Å²) in [7, 11) is -4.98. The Morgan fingerprint density at radius 3 is 2.04 bits per heavy atom. The Balaban J connectivity index is 5.02. The van der Waals surface area contributed by atoms with Gasteiger partial charge in [0.25, 0.3) is 0 Å². The van der Waals surface area contributed by atoms with Gasteiger partial charge in [0.2, 0.25) is 0 Å². The molecule has 0 amide bonds. The second-order valence-corrected chi connectivity index (χ2v) is 15.6. The molecular formula is C19H37O3PSSi. The van der Waals surface area contributed by atoms with Crippen LogP contribution in [0.25, 0.3) is 0 Å². The number of rotatable bonds is 12. The fraction of sp³-hybridized carbons (Fsp3) is 0.684. The molecule has 0 heterocycles. The zero-order valence-electron chi connectivity index (χ0n) is 17.3. The summed E-state index contributed by atoms with van der Waals surface area (Å²) in [5.74, 6) is 0.882. The number of thioether (sulfide) groups is 1. The van der Waals surface area contributed by atoms with E-state index in [1.807, 2.05) is 19.3 Å². The third-order valence-corrected chi connectivity index (χ3v) is 11.1. The molecule has 6 heteroatoms. The van der Waals surface area contributed by atoms with Crippen LogP contribution in [0.2, 0.25) is 19.6 Å². The number of allylic oxidation sites excluding steroid dienone is 3. The topological polar surface area (TPSA) is 35.5 Å². The van der Waals surface area contributed by atoms with E-state index in [1.165, 1.54) is 11.1 Å². The first-order valence-electron chi connectivity index (χ1n) is 9.07. The minimum Gasteiger partial charge on any atom is -0.306 e. The molecular weight excluding hydrogens is 367 g/mol. The first-order valence-corrected chi connectivity index (χ1v) is 15.2. The average Bonchev–Trinajstić information content (AvgIpc) is 2.45. The zero-order valence-corrected chi connectivity index (χ0v) is 20.1. The lowest BCUT2D eigenvalue weighted by atomic mass is 10.1. The van der Waals surface area contributed by atoms with Gasteiger partial charge in [0.1, 0.15) is 0 Å². The Labute approximate surface area is 160 Å². The van der Waals surface area contributed by atoms with E-state index in [-0.39, 0.29) is 0 Å². The van der Waals surface area contributed by atoms with Crippen LogP contribution in [0.5, 0.6) is 0 Å². The van der Waals surface area contributed by atoms with E-state index in [9.17, 15) is 4.57 Å². The van der Waals surface area contributed by atoms with Crippen LogP contribution < -0.4 is 0 Å². The summed E-state index contributed by atoms with van der Waals surface area (Å²) in [5.41, 5.74) is 2.76. The molecule has 0 bridgehead atoms. The third kappa shape index (κ3) is 10.6. The summed E-state index contributed by atoms with van der Waals surface area (Å²) in [5, 5.41) is 2.04. The highest BCUT2D eigenvalue weighted by molar-refractivity contribution is 8.02. The molecule has 0 aromatic heterocycles. The maximum Gasteiger partial charge on any atom is 0.353 e. The second-order valence-electron chi connectivity index (χ2n) is 7.29. The van der Waals surface area contributed by atoms with Crippen LogP contribution in [0, 0.1) is 0 Å². The predicted molar refractivity (Wildman–Crippen MR) is 117 cm³/mol. The molecule has 3 nitrogen and oxygen atoms in total. The smallest absolute Gasteiger partial charge is 0.306 e. The highest BCUT2D eigenvalue weighted by Crippen LogP contribution is 2.59. The van der Waals surface area contributed by atoms with Crippen LogP contribution in [-0.2, 0) is 13.6 Å². The van der Waals surface area contributed by atoms with Gasteiger partial charge in [-0.25, -0.2) is 0 Å². The maximum absolute atomic E-state index is 13.2. The van der Waals surface area contributed by atoms with Crippen LogP contribution in [0.3, 0.4) is 0 Å². The molecule has 0 N–H and O–H groups in total. The van der Waals surface area contributed by atoms with Crippen molar-refractivity contribution in [1.29, 1.82) is 0 Å². The van der Waals surface area contributed by atoms with Crippen molar-refractivity contribution in [3.8, 4) is 0 Å². The van der Waals surface area contributed by atoms with Gasteiger partial charge in [-0.2, -0.15) is 0 Å². The molecule has 0 rings (SSSR count). The van der Waals surface area contributed by atoms with Gasteiger partial charge < -0.3 is 9.05 Å². The quantitative estimate of drug-likeness (QED) is 0.147. The van der Waals surface area contributed by atoms with Gasteiger partial charge in [-0.15, -0.1) is 11.8 Å². The lowest BCUT2D eigenvalue weighted by Crippen LogP contribution is -2.25. The van der Waals surface area contributed by atoms with Crippen LogP contribution >= 0.6 is 19.4 Å². The Hall–Kier alpha value is -0.0631. The molecule has 0 saturated carbocycles. The number of hydrogen-bond donors (Lipinski definition) is 0. The van der Waals surface area contributed by atoms with Gasteiger partial charge in [0.05, 0.1) is 21.3 Å². The van der Waals surface area contributed by atoms with E-state index in [0.717, 1.165) is 23.5 Å². The van der Waals surface area contributed by atoms with Crippen molar-refractivity contribution in [2.75, 3.05) is 19.0 Å². The fourth-order valence-corrected chi connectivity index (χ4v) is 9.92. The lowest BCUT2D eigenvalue weighted by Gasteiger charge is -2.27. The molecule has 0 aliphatic heterocycles. The monoisotopic (exact) mass is 404 g/mol. The minimum atomic E-state index is -3.17. The van der Waals surface area contributed by atoms with Crippen LogP contribution in [-0.4, -0.2) is 27.0 Å². The molecule has 0 radical (unpaired) electrons. The molecule has 0 saturated heterocycles. The lowest BCUT2D eigenvalue weighted by molar-refractivity contribution is 0.227. The van der Waals surface area contributed by atoms with E-state index in [1.54, 1.807) is 11.8 Å². The van der Waals surface area contributed by atoms with E-state index >= 15 is 0 Å². The van der Waals surface area contributed by atoms with Crippen molar-refractivity contribution < 1.29 is 13.6 Å². The van der Waals surface area contributed by atoms with Gasteiger partial charge >= 0.3 is 7.60 Å². The normalized spacial score (nSPS) is 13.9. The highest BCUT2D eigenvalue weighted by atomic mass is 32.2. The SMILES string of the molecule is CCOP(=O)(OCC)/C(=C/SC/C=C(\C)CCC=C(C)C)[Si](C)(C)C. The van der Waals surface area contributed by atoms with Crippen molar-refractivity contribution in [2.45, 2.75) is 67.1 Å². The van der Waals surface area contributed by atoms with Gasteiger partial charge in [-0.1, -0.05) is 42.9 Å². The molecule has 0 aromatic rings. The second kappa shape index (κ2) is 12.3. The van der Waals surface area contributed by atoms with Crippen LogP contribution in [0.1, 0.15) is 47.5 Å². The molecule has 25 heavy (non-hydrogen) atoms. The fourth-order valence-electron chi connectivity index (χ4n) is 2.18. The molecule has 0 aromatic carbocycles. The van der Waals surface area contributed by atoms with Gasteiger partial charge in [-0.3, -0.25) is 4.57 Å². The molecule has 0 atom stereocenters. The molecule has 0 spiro atoms. The molecule has 146 valence electrons. The first kappa shape index (κ1) is 24.9. The average molecular weight is 405 g/mol. The molecule has 0 aliphatic carbocycles. The Morgan fingerprint density at radius 2 is 1.60 bits per heavy atom. The zero-order chi connectivity index (χ0) is 19.5. The maximum atomic E-state index is 13.2. The van der Waals surface area contributed by atoms with Crippen molar-refractivity contribution in [1.82, 2.24) is 0 Å². The van der Waals surface area contributed by atoms with Crippen molar-refractivity contribution in [3.05, 3.63) is 33.6 Å². The summed E-state index contributed by atoms with van der Waals surface area (Å²) in [4.78, 5) is 0.893. The van der Waals surface area contributed by atoms with E-state index in [4.69, 9.17) is 9.05 Å². The third-order valence-electron chi connectivity index (χ3n) is 3.48. The van der Waals surface area contributed by atoms with Gasteiger partial charge in [-0.05, 0) is 52.9 Å². The predicted octanol–water partition coefficient (Wildman–Crippen LogP) is 7.40. The van der Waals surface area contributed by atoms with Crippen molar-refractivity contribution in [2.24, 2.45) is 0 Å². The molecule has 0 fully saturated rings. The van der Waals surface area contributed by atoms with Crippen molar-refractivity contribution in [3.63, 3.8) is 0 Å². The van der Waals surface area contributed by atoms with Gasteiger partial charge in [0, 0.05) is 10.7 Å². The summed E-state index contributed by atoms with van der Waals surface area (Å²) < 4.78 is 24.3. The van der Waals surface area contributed by atoms with Crippen LogP contribution in [0.4, 0.5) is 0 Å². The summed E-state index contributed by atoms with van der Waals surface area (Å²) >= 11 is 1.68. The summed E-state index contributed by atoms with van der Waals surface area (Å²) in [6.45, 7) is 17.5. The molecule has 0 unspecified atom stereocenters. The highest BCUT2D eigenvalue weighted by Gasteiger charge is 2.38. The van der Waals surface area contributed by atoms with Gasteiger partial charge in [0.15, 0.2) is 0 Å². The van der Waals surface area contributed by atoms with E-state index in [0.29, 0.717) is 13.2 Å². The Morgan fingerprint density at radius 1 is 1.04 bits per heavy atom. The van der Waals surface area contributed by atoms with E-state index < -0.39 is 15.7 Å². The van der Waals surface area contributed by atoms with E-state index in [2.05, 4.69) is 52.6 Å². The Kier molecular flexibility index (Phi) is 12.3. The first-order chi connectivity index (χ1) is 11.6. The van der Waals surface area contributed by atoms with Crippen molar-refractivity contribution >= 4 is 27.4 Å². The van der Waals surface area contributed by atoms with Crippen LogP contribution in [0.15, 0.2) is 33.6 Å². The number of hydrogen-bond acceptors (Lipinski definition) is 4. The minimum absolute atomic E-state index is 0.396. The molecule has 0 aliphatic rings. The Bertz CT molecular complexity index is 519. The summed E-state index contributed by atoms with van der Waals surface area (Å²) in [6, 6.07) is 0. The summed E-state index contributed by atoms with van der Waals surface area (Å²) in [6.07, 6.45) is 6.71.